The number of piperidine rings is 1. The zero-order valence-corrected chi connectivity index (χ0v) is 13.0. The number of hydrogen-bond donors (Lipinski definition) is 2. The molecular formula is C16H20F4N2O2. The Bertz CT molecular complexity index is 534. The van der Waals surface area contributed by atoms with Crippen LogP contribution in [0.1, 0.15) is 24.4 Å². The molecule has 0 spiro atoms. The summed E-state index contributed by atoms with van der Waals surface area (Å²) in [6.07, 6.45) is -3.37. The number of alkyl halides is 4. The molecule has 0 aromatic heterocycles. The normalized spacial score (nSPS) is 18.6. The molecule has 134 valence electrons. The lowest BCUT2D eigenvalue weighted by Gasteiger charge is -2.35. The van der Waals surface area contributed by atoms with Gasteiger partial charge in [0, 0.05) is 13.1 Å². The summed E-state index contributed by atoms with van der Waals surface area (Å²) in [5.74, 6) is -5.02. The molecule has 1 aromatic carbocycles. The van der Waals surface area contributed by atoms with Gasteiger partial charge in [0.15, 0.2) is 0 Å². The fourth-order valence-electron chi connectivity index (χ4n) is 2.69. The first-order valence-electron chi connectivity index (χ1n) is 7.72. The third-order valence-electron chi connectivity index (χ3n) is 4.05. The number of halogens is 4. The van der Waals surface area contributed by atoms with Crippen LogP contribution in [0.2, 0.25) is 0 Å². The van der Waals surface area contributed by atoms with E-state index in [9.17, 15) is 27.5 Å². The van der Waals surface area contributed by atoms with Gasteiger partial charge in [0.05, 0.1) is 12.6 Å². The molecule has 1 fully saturated rings. The second kappa shape index (κ2) is 7.94. The fourth-order valence-corrected chi connectivity index (χ4v) is 2.69. The second-order valence-electron chi connectivity index (χ2n) is 5.86. The molecule has 0 unspecified atom stereocenters. The first-order chi connectivity index (χ1) is 11.3. The van der Waals surface area contributed by atoms with E-state index in [0.717, 1.165) is 0 Å². The molecule has 1 atom stereocenters. The smallest absolute Gasteiger partial charge is 0.324 e. The highest BCUT2D eigenvalue weighted by atomic mass is 19.3. The van der Waals surface area contributed by atoms with E-state index in [0.29, 0.717) is 31.5 Å². The van der Waals surface area contributed by atoms with Crippen molar-refractivity contribution in [3.05, 3.63) is 35.9 Å². The SMILES string of the molecule is O=C(NCC(F)(F)C(F)F)[C@H](c1ccccc1)N1CCC(O)CC1. The van der Waals surface area contributed by atoms with Crippen molar-refractivity contribution in [2.24, 2.45) is 0 Å². The third kappa shape index (κ3) is 4.67. The standard InChI is InChI=1S/C16H20F4N2O2/c17-15(18)16(19,20)10-21-14(24)13(11-4-2-1-3-5-11)22-8-6-12(23)7-9-22/h1-5,12-13,15,23H,6-10H2,(H,21,24)/t13-/m0/s1. The first-order valence-corrected chi connectivity index (χ1v) is 7.72. The highest BCUT2D eigenvalue weighted by Gasteiger charge is 2.42. The Morgan fingerprint density at radius 3 is 2.38 bits per heavy atom. The minimum atomic E-state index is -4.27. The van der Waals surface area contributed by atoms with E-state index in [1.807, 2.05) is 5.32 Å². The quantitative estimate of drug-likeness (QED) is 0.775. The molecule has 2 N–H and O–H groups in total. The molecule has 1 aliphatic rings. The Labute approximate surface area is 137 Å². The Balaban J connectivity index is 2.12. The van der Waals surface area contributed by atoms with Crippen molar-refractivity contribution in [3.8, 4) is 0 Å². The van der Waals surface area contributed by atoms with Gasteiger partial charge >= 0.3 is 12.3 Å². The van der Waals surface area contributed by atoms with Crippen molar-refractivity contribution < 1.29 is 27.5 Å². The summed E-state index contributed by atoms with van der Waals surface area (Å²) in [4.78, 5) is 14.2. The zero-order chi connectivity index (χ0) is 17.7. The van der Waals surface area contributed by atoms with Gasteiger partial charge in [-0.1, -0.05) is 30.3 Å². The summed E-state index contributed by atoms with van der Waals surface area (Å²) >= 11 is 0. The van der Waals surface area contributed by atoms with Gasteiger partial charge in [0.1, 0.15) is 6.04 Å². The molecule has 24 heavy (non-hydrogen) atoms. The molecular weight excluding hydrogens is 328 g/mol. The van der Waals surface area contributed by atoms with Gasteiger partial charge in [-0.3, -0.25) is 9.69 Å². The Morgan fingerprint density at radius 1 is 1.25 bits per heavy atom. The highest BCUT2D eigenvalue weighted by molar-refractivity contribution is 5.83. The van der Waals surface area contributed by atoms with E-state index in [-0.39, 0.29) is 0 Å². The number of amides is 1. The van der Waals surface area contributed by atoms with E-state index >= 15 is 0 Å². The summed E-state index contributed by atoms with van der Waals surface area (Å²) in [5.41, 5.74) is 0.590. The van der Waals surface area contributed by atoms with E-state index in [1.54, 1.807) is 35.2 Å². The maximum absolute atomic E-state index is 13.1. The zero-order valence-electron chi connectivity index (χ0n) is 13.0. The van der Waals surface area contributed by atoms with Gasteiger partial charge in [0.25, 0.3) is 0 Å². The van der Waals surface area contributed by atoms with Crippen LogP contribution in [0.5, 0.6) is 0 Å². The van der Waals surface area contributed by atoms with Crippen LogP contribution in [0.15, 0.2) is 30.3 Å². The van der Waals surface area contributed by atoms with Crippen molar-refractivity contribution >= 4 is 5.91 Å². The monoisotopic (exact) mass is 348 g/mol. The lowest BCUT2D eigenvalue weighted by atomic mass is 10.00. The first kappa shape index (κ1) is 18.7. The lowest BCUT2D eigenvalue weighted by Crippen LogP contribution is -2.48. The van der Waals surface area contributed by atoms with Crippen LogP contribution >= 0.6 is 0 Å². The highest BCUT2D eigenvalue weighted by Crippen LogP contribution is 2.26. The number of aliphatic hydroxyl groups excluding tert-OH is 1. The molecule has 1 saturated heterocycles. The number of nitrogens with zero attached hydrogens (tertiary/aromatic N) is 1. The van der Waals surface area contributed by atoms with E-state index in [1.165, 1.54) is 0 Å². The van der Waals surface area contributed by atoms with Crippen LogP contribution in [-0.2, 0) is 4.79 Å². The summed E-state index contributed by atoms with van der Waals surface area (Å²) in [6, 6.07) is 7.68. The van der Waals surface area contributed by atoms with Gasteiger partial charge in [-0.25, -0.2) is 8.78 Å². The van der Waals surface area contributed by atoms with Crippen LogP contribution in [0.3, 0.4) is 0 Å². The molecule has 0 saturated carbocycles. The van der Waals surface area contributed by atoms with Crippen LogP contribution in [0, 0.1) is 0 Å². The van der Waals surface area contributed by atoms with Crippen molar-refractivity contribution in [2.75, 3.05) is 19.6 Å². The van der Waals surface area contributed by atoms with Gasteiger partial charge in [0.2, 0.25) is 5.91 Å². The summed E-state index contributed by atoms with van der Waals surface area (Å²) in [6.45, 7) is -0.581. The molecule has 8 heteroatoms. The Hall–Kier alpha value is -1.67. The van der Waals surface area contributed by atoms with E-state index in [2.05, 4.69) is 0 Å². The number of hydrogen-bond acceptors (Lipinski definition) is 3. The summed E-state index contributed by atoms with van der Waals surface area (Å²) in [7, 11) is 0. The van der Waals surface area contributed by atoms with Gasteiger partial charge in [-0.2, -0.15) is 8.78 Å². The minimum absolute atomic E-state index is 0.416. The van der Waals surface area contributed by atoms with E-state index < -0.39 is 36.9 Å². The summed E-state index contributed by atoms with van der Waals surface area (Å²) < 4.78 is 50.6. The fraction of sp³-hybridized carbons (Fsp3) is 0.562. The maximum Gasteiger partial charge on any atom is 0.324 e. The predicted octanol–water partition coefficient (Wildman–Crippen LogP) is 2.20. The number of aliphatic hydroxyl groups is 1. The second-order valence-corrected chi connectivity index (χ2v) is 5.86. The largest absolute Gasteiger partial charge is 0.393 e. The summed E-state index contributed by atoms with van der Waals surface area (Å²) in [5, 5.41) is 11.5. The molecule has 4 nitrogen and oxygen atoms in total. The maximum atomic E-state index is 13.1. The molecule has 0 radical (unpaired) electrons. The average molecular weight is 348 g/mol. The van der Waals surface area contributed by atoms with Crippen LogP contribution in [0.25, 0.3) is 0 Å². The lowest BCUT2D eigenvalue weighted by molar-refractivity contribution is -0.140. The Kier molecular flexibility index (Phi) is 6.17. The van der Waals surface area contributed by atoms with E-state index in [4.69, 9.17) is 0 Å². The third-order valence-corrected chi connectivity index (χ3v) is 4.05. The number of rotatable bonds is 6. The van der Waals surface area contributed by atoms with Crippen LogP contribution in [-0.4, -0.2) is 54.0 Å². The molecule has 1 aliphatic heterocycles. The van der Waals surface area contributed by atoms with Crippen molar-refractivity contribution in [3.63, 3.8) is 0 Å². The number of benzene rings is 1. The average Bonchev–Trinajstić information content (AvgIpc) is 2.56. The number of likely N-dealkylation sites (tertiary alicyclic amines) is 1. The van der Waals surface area contributed by atoms with Gasteiger partial charge < -0.3 is 10.4 Å². The molecule has 0 aliphatic carbocycles. The van der Waals surface area contributed by atoms with Gasteiger partial charge in [-0.05, 0) is 18.4 Å². The molecule has 1 amide bonds. The van der Waals surface area contributed by atoms with Crippen molar-refractivity contribution in [2.45, 2.75) is 37.3 Å². The number of carbonyl (C=O) groups excluding carboxylic acids is 1. The molecule has 2 rings (SSSR count). The van der Waals surface area contributed by atoms with Crippen LogP contribution < -0.4 is 5.32 Å². The van der Waals surface area contributed by atoms with Gasteiger partial charge in [-0.15, -0.1) is 0 Å². The molecule has 1 aromatic rings. The molecule has 1 heterocycles. The van der Waals surface area contributed by atoms with Crippen LogP contribution in [0.4, 0.5) is 17.6 Å². The minimum Gasteiger partial charge on any atom is -0.393 e. The van der Waals surface area contributed by atoms with Crippen molar-refractivity contribution in [1.82, 2.24) is 10.2 Å². The number of nitrogens with one attached hydrogen (secondary N) is 1. The predicted molar refractivity (Wildman–Crippen MR) is 80.0 cm³/mol. The topological polar surface area (TPSA) is 52.6 Å². The Morgan fingerprint density at radius 2 is 1.83 bits per heavy atom. The molecule has 0 bridgehead atoms. The van der Waals surface area contributed by atoms with Crippen molar-refractivity contribution in [1.29, 1.82) is 0 Å². The number of carbonyl (C=O) groups is 1.